The van der Waals surface area contributed by atoms with Crippen molar-refractivity contribution in [3.8, 4) is 0 Å². The minimum Gasteiger partial charge on any atom is -0.372 e. The molecule has 3 atom stereocenters. The summed E-state index contributed by atoms with van der Waals surface area (Å²) in [7, 11) is 6.47. The molecule has 106 valence electrons. The van der Waals surface area contributed by atoms with E-state index in [1.54, 1.807) is 0 Å². The molecule has 18 heavy (non-hydrogen) atoms. The summed E-state index contributed by atoms with van der Waals surface area (Å²) in [5.41, 5.74) is 0. The van der Waals surface area contributed by atoms with Crippen LogP contribution in [0.2, 0.25) is 0 Å². The standard InChI is InChI=1S/C14H29N3O/c1-15-8-13-4-5-14(18-13)11-17(3)10-12-6-7-16(2)9-12/h12-15H,4-11H2,1-3H3. The van der Waals surface area contributed by atoms with Crippen LogP contribution < -0.4 is 5.32 Å². The number of nitrogens with zero attached hydrogens (tertiary/aromatic N) is 2. The molecule has 2 heterocycles. The summed E-state index contributed by atoms with van der Waals surface area (Å²) in [6.45, 7) is 5.84. The van der Waals surface area contributed by atoms with E-state index in [-0.39, 0.29) is 0 Å². The highest BCUT2D eigenvalue weighted by molar-refractivity contribution is 4.79. The molecule has 2 aliphatic heterocycles. The summed E-state index contributed by atoms with van der Waals surface area (Å²) in [6.07, 6.45) is 4.68. The third-order valence-corrected chi connectivity index (χ3v) is 4.20. The van der Waals surface area contributed by atoms with E-state index in [2.05, 4.69) is 29.2 Å². The Morgan fingerprint density at radius 2 is 2.00 bits per heavy atom. The van der Waals surface area contributed by atoms with E-state index in [9.17, 15) is 0 Å². The number of nitrogens with one attached hydrogen (secondary N) is 1. The Bertz CT molecular complexity index is 249. The van der Waals surface area contributed by atoms with Gasteiger partial charge in [0.25, 0.3) is 0 Å². The van der Waals surface area contributed by atoms with Crippen LogP contribution in [-0.4, -0.2) is 75.9 Å². The normalized spacial score (nSPS) is 33.7. The maximum absolute atomic E-state index is 6.04. The van der Waals surface area contributed by atoms with Crippen LogP contribution >= 0.6 is 0 Å². The van der Waals surface area contributed by atoms with Crippen molar-refractivity contribution in [1.29, 1.82) is 0 Å². The van der Waals surface area contributed by atoms with Crippen LogP contribution in [0.1, 0.15) is 19.3 Å². The van der Waals surface area contributed by atoms with Crippen LogP contribution in [0.5, 0.6) is 0 Å². The molecule has 4 nitrogen and oxygen atoms in total. The molecule has 2 saturated heterocycles. The predicted molar refractivity (Wildman–Crippen MR) is 74.9 cm³/mol. The van der Waals surface area contributed by atoms with Gasteiger partial charge in [0.05, 0.1) is 12.2 Å². The molecule has 0 aromatic carbocycles. The second-order valence-electron chi connectivity index (χ2n) is 6.15. The lowest BCUT2D eigenvalue weighted by molar-refractivity contribution is 0.0266. The van der Waals surface area contributed by atoms with Crippen LogP contribution in [0.3, 0.4) is 0 Å². The molecule has 0 amide bonds. The molecule has 0 radical (unpaired) electrons. The monoisotopic (exact) mass is 255 g/mol. The zero-order valence-electron chi connectivity index (χ0n) is 12.2. The zero-order valence-corrected chi connectivity index (χ0v) is 12.2. The van der Waals surface area contributed by atoms with E-state index in [0.29, 0.717) is 12.2 Å². The van der Waals surface area contributed by atoms with Crippen LogP contribution in [0.25, 0.3) is 0 Å². The smallest absolute Gasteiger partial charge is 0.0707 e. The highest BCUT2D eigenvalue weighted by Gasteiger charge is 2.27. The third kappa shape index (κ3) is 4.19. The number of hydrogen-bond acceptors (Lipinski definition) is 4. The van der Waals surface area contributed by atoms with Crippen LogP contribution in [0.15, 0.2) is 0 Å². The van der Waals surface area contributed by atoms with Gasteiger partial charge in [-0.05, 0) is 52.9 Å². The summed E-state index contributed by atoms with van der Waals surface area (Å²) in [6, 6.07) is 0. The lowest BCUT2D eigenvalue weighted by Crippen LogP contribution is -2.34. The van der Waals surface area contributed by atoms with Gasteiger partial charge in [0, 0.05) is 26.2 Å². The molecule has 0 bridgehead atoms. The Balaban J connectivity index is 1.64. The van der Waals surface area contributed by atoms with Crippen molar-refractivity contribution in [2.45, 2.75) is 31.5 Å². The van der Waals surface area contributed by atoms with E-state index < -0.39 is 0 Å². The van der Waals surface area contributed by atoms with Crippen LogP contribution in [0.4, 0.5) is 0 Å². The first-order valence-electron chi connectivity index (χ1n) is 7.34. The maximum atomic E-state index is 6.04. The lowest BCUT2D eigenvalue weighted by atomic mass is 10.1. The molecule has 1 N–H and O–H groups in total. The summed E-state index contributed by atoms with van der Waals surface area (Å²) in [5, 5.41) is 3.20. The topological polar surface area (TPSA) is 27.7 Å². The van der Waals surface area contributed by atoms with Crippen LogP contribution in [0, 0.1) is 5.92 Å². The van der Waals surface area contributed by atoms with Crippen molar-refractivity contribution in [1.82, 2.24) is 15.1 Å². The minimum absolute atomic E-state index is 0.436. The molecule has 2 aliphatic rings. The van der Waals surface area contributed by atoms with Crippen molar-refractivity contribution in [3.05, 3.63) is 0 Å². The Morgan fingerprint density at radius 3 is 2.67 bits per heavy atom. The first-order chi connectivity index (χ1) is 8.67. The van der Waals surface area contributed by atoms with Gasteiger partial charge >= 0.3 is 0 Å². The average molecular weight is 255 g/mol. The first-order valence-corrected chi connectivity index (χ1v) is 7.34. The molecule has 4 heteroatoms. The van der Waals surface area contributed by atoms with Gasteiger partial charge in [-0.15, -0.1) is 0 Å². The molecule has 0 aromatic rings. The van der Waals surface area contributed by atoms with Gasteiger partial charge in [0.1, 0.15) is 0 Å². The summed E-state index contributed by atoms with van der Waals surface area (Å²) >= 11 is 0. The van der Waals surface area contributed by atoms with Gasteiger partial charge in [0.2, 0.25) is 0 Å². The highest BCUT2D eigenvalue weighted by Crippen LogP contribution is 2.21. The van der Waals surface area contributed by atoms with Gasteiger partial charge in [-0.2, -0.15) is 0 Å². The van der Waals surface area contributed by atoms with Crippen molar-refractivity contribution in [2.24, 2.45) is 5.92 Å². The maximum Gasteiger partial charge on any atom is 0.0707 e. The van der Waals surface area contributed by atoms with E-state index in [0.717, 1.165) is 19.0 Å². The third-order valence-electron chi connectivity index (χ3n) is 4.20. The van der Waals surface area contributed by atoms with Crippen molar-refractivity contribution in [3.63, 3.8) is 0 Å². The second-order valence-corrected chi connectivity index (χ2v) is 6.15. The van der Waals surface area contributed by atoms with E-state index in [1.807, 2.05) is 7.05 Å². The molecule has 0 spiro atoms. The fourth-order valence-corrected chi connectivity index (χ4v) is 3.33. The number of rotatable bonds is 6. The predicted octanol–water partition coefficient (Wildman–Crippen LogP) is 0.637. The Kier molecular flexibility index (Phi) is 5.42. The molecule has 3 unspecified atom stereocenters. The van der Waals surface area contributed by atoms with E-state index >= 15 is 0 Å². The molecule has 0 saturated carbocycles. The molecule has 0 aliphatic carbocycles. The number of hydrogen-bond donors (Lipinski definition) is 1. The molecular formula is C14H29N3O. The number of likely N-dealkylation sites (tertiary alicyclic amines) is 1. The Labute approximate surface area is 112 Å². The van der Waals surface area contributed by atoms with Gasteiger partial charge in [-0.25, -0.2) is 0 Å². The minimum atomic E-state index is 0.436. The Hall–Kier alpha value is -0.160. The largest absolute Gasteiger partial charge is 0.372 e. The molecule has 2 rings (SSSR count). The second kappa shape index (κ2) is 6.85. The quantitative estimate of drug-likeness (QED) is 0.754. The molecular weight excluding hydrogens is 226 g/mol. The van der Waals surface area contributed by atoms with Crippen molar-refractivity contribution < 1.29 is 4.74 Å². The molecule has 2 fully saturated rings. The summed E-state index contributed by atoms with van der Waals surface area (Å²) < 4.78 is 6.04. The summed E-state index contributed by atoms with van der Waals surface area (Å²) in [5.74, 6) is 0.856. The first kappa shape index (κ1) is 14.3. The van der Waals surface area contributed by atoms with Gasteiger partial charge in [0.15, 0.2) is 0 Å². The van der Waals surface area contributed by atoms with Gasteiger partial charge in [-0.3, -0.25) is 0 Å². The fraction of sp³-hybridized carbons (Fsp3) is 1.00. The van der Waals surface area contributed by atoms with Gasteiger partial charge in [-0.1, -0.05) is 0 Å². The summed E-state index contributed by atoms with van der Waals surface area (Å²) in [4.78, 5) is 4.91. The van der Waals surface area contributed by atoms with E-state index in [4.69, 9.17) is 4.74 Å². The average Bonchev–Trinajstić information content (AvgIpc) is 2.89. The zero-order chi connectivity index (χ0) is 13.0. The number of ether oxygens (including phenoxy) is 1. The highest BCUT2D eigenvalue weighted by atomic mass is 16.5. The van der Waals surface area contributed by atoms with Crippen molar-refractivity contribution in [2.75, 3.05) is 53.9 Å². The lowest BCUT2D eigenvalue weighted by Gasteiger charge is -2.24. The van der Waals surface area contributed by atoms with Gasteiger partial charge < -0.3 is 19.9 Å². The molecule has 0 aromatic heterocycles. The van der Waals surface area contributed by atoms with Crippen molar-refractivity contribution >= 4 is 0 Å². The number of likely N-dealkylation sites (N-methyl/N-ethyl adjacent to an activating group) is 2. The van der Waals surface area contributed by atoms with E-state index in [1.165, 1.54) is 38.9 Å². The van der Waals surface area contributed by atoms with Crippen LogP contribution in [-0.2, 0) is 4.74 Å². The fourth-order valence-electron chi connectivity index (χ4n) is 3.33. The Morgan fingerprint density at radius 1 is 1.22 bits per heavy atom. The SMILES string of the molecule is CNCC1CCC(CN(C)CC2CCN(C)C2)O1.